The van der Waals surface area contributed by atoms with Gasteiger partial charge < -0.3 is 28.3 Å². The second-order valence-electron chi connectivity index (χ2n) is 4.92. The lowest BCUT2D eigenvalue weighted by Crippen LogP contribution is -2.45. The molecule has 0 saturated heterocycles. The van der Waals surface area contributed by atoms with Crippen molar-refractivity contribution in [3.05, 3.63) is 0 Å². The van der Waals surface area contributed by atoms with E-state index in [1.807, 2.05) is 9.80 Å². The molecule has 9 N–H and O–H groups in total. The maximum atomic E-state index is 11.1. The van der Waals surface area contributed by atoms with E-state index >= 15 is 0 Å². The third kappa shape index (κ3) is 12.0. The lowest BCUT2D eigenvalue weighted by molar-refractivity contribution is -0.120. The van der Waals surface area contributed by atoms with Gasteiger partial charge in [0.2, 0.25) is 17.7 Å². The van der Waals surface area contributed by atoms with Crippen LogP contribution in [0.3, 0.4) is 0 Å². The van der Waals surface area contributed by atoms with Gasteiger partial charge in [-0.15, -0.1) is 0 Å². The van der Waals surface area contributed by atoms with Crippen LogP contribution in [0.2, 0.25) is 0 Å². The second kappa shape index (κ2) is 11.9. The van der Waals surface area contributed by atoms with Crippen molar-refractivity contribution in [3.8, 4) is 0 Å². The largest absolute Gasteiger partial charge is 0.369 e. The average molecular weight is 317 g/mol. The maximum Gasteiger partial charge on any atom is 0.231 e. The molecule has 0 bridgehead atoms. The van der Waals surface area contributed by atoms with Crippen molar-refractivity contribution in [1.82, 2.24) is 15.1 Å². The molecule has 10 heteroatoms. The van der Waals surface area contributed by atoms with Crippen molar-refractivity contribution in [2.45, 2.75) is 0 Å². The lowest BCUT2D eigenvalue weighted by Gasteiger charge is -2.26. The van der Waals surface area contributed by atoms with Crippen molar-refractivity contribution in [2.24, 2.45) is 22.9 Å². The topological polar surface area (TPSA) is 174 Å². The van der Waals surface area contributed by atoms with Crippen LogP contribution in [-0.2, 0) is 14.4 Å². The first-order valence-electron chi connectivity index (χ1n) is 7.05. The van der Waals surface area contributed by atoms with E-state index in [-0.39, 0.29) is 19.6 Å². The fourth-order valence-corrected chi connectivity index (χ4v) is 1.89. The van der Waals surface area contributed by atoms with Crippen LogP contribution in [0.5, 0.6) is 0 Å². The van der Waals surface area contributed by atoms with Crippen LogP contribution in [0.25, 0.3) is 0 Å². The molecular formula is C12H27N7O3. The number of amides is 3. The summed E-state index contributed by atoms with van der Waals surface area (Å²) in [5.74, 6) is -1.33. The molecule has 0 aliphatic rings. The molecule has 0 aromatic heterocycles. The Kier molecular flexibility index (Phi) is 10.9. The number of nitrogens with two attached hydrogens (primary N) is 4. The highest BCUT2D eigenvalue weighted by atomic mass is 16.2. The summed E-state index contributed by atoms with van der Waals surface area (Å²) in [7, 11) is 0. The summed E-state index contributed by atoms with van der Waals surface area (Å²) >= 11 is 0. The van der Waals surface area contributed by atoms with Crippen LogP contribution in [0.1, 0.15) is 0 Å². The number of hydrogen-bond donors (Lipinski definition) is 5. The molecule has 0 radical (unpaired) electrons. The Morgan fingerprint density at radius 1 is 0.773 bits per heavy atom. The Morgan fingerprint density at radius 3 is 1.68 bits per heavy atom. The molecule has 128 valence electrons. The van der Waals surface area contributed by atoms with Gasteiger partial charge in [-0.1, -0.05) is 0 Å². The van der Waals surface area contributed by atoms with Crippen LogP contribution in [-0.4, -0.2) is 86.4 Å². The van der Waals surface area contributed by atoms with Crippen LogP contribution in [0.15, 0.2) is 0 Å². The molecule has 0 aromatic rings. The quantitative estimate of drug-likeness (QED) is 0.201. The van der Waals surface area contributed by atoms with Gasteiger partial charge in [-0.25, -0.2) is 0 Å². The minimum atomic E-state index is -0.449. The Bertz CT molecular complexity index is 365. The number of carbonyl (C=O) groups is 3. The first-order valence-corrected chi connectivity index (χ1v) is 7.05. The van der Waals surface area contributed by atoms with E-state index < -0.39 is 17.7 Å². The Balaban J connectivity index is 4.27. The fraction of sp³-hybridized carbons (Fsp3) is 0.750. The monoisotopic (exact) mass is 317 g/mol. The smallest absolute Gasteiger partial charge is 0.231 e. The zero-order valence-corrected chi connectivity index (χ0v) is 12.8. The van der Waals surface area contributed by atoms with Crippen LogP contribution in [0, 0.1) is 0 Å². The lowest BCUT2D eigenvalue weighted by atomic mass is 10.3. The summed E-state index contributed by atoms with van der Waals surface area (Å²) in [5.41, 5.74) is 20.9. The summed E-state index contributed by atoms with van der Waals surface area (Å²) in [5, 5.41) is 2.86. The van der Waals surface area contributed by atoms with Crippen LogP contribution >= 0.6 is 0 Å². The van der Waals surface area contributed by atoms with Crippen molar-refractivity contribution in [2.75, 3.05) is 58.9 Å². The minimum absolute atomic E-state index is 0.0748. The number of rotatable bonds is 14. The van der Waals surface area contributed by atoms with E-state index in [0.717, 1.165) is 0 Å². The summed E-state index contributed by atoms with van der Waals surface area (Å²) < 4.78 is 0. The summed E-state index contributed by atoms with van der Waals surface area (Å²) in [4.78, 5) is 36.3. The van der Waals surface area contributed by atoms with E-state index in [4.69, 9.17) is 22.9 Å². The number of hydrogen-bond acceptors (Lipinski definition) is 7. The van der Waals surface area contributed by atoms with Gasteiger partial charge in [-0.2, -0.15) is 0 Å². The second-order valence-corrected chi connectivity index (χ2v) is 4.92. The van der Waals surface area contributed by atoms with Gasteiger partial charge in [0.1, 0.15) is 0 Å². The van der Waals surface area contributed by atoms with Crippen molar-refractivity contribution in [3.63, 3.8) is 0 Å². The average Bonchev–Trinajstić information content (AvgIpc) is 2.39. The number of nitrogens with one attached hydrogen (secondary N) is 1. The highest BCUT2D eigenvalue weighted by Crippen LogP contribution is 1.92. The Hall–Kier alpha value is -1.75. The highest BCUT2D eigenvalue weighted by Gasteiger charge is 2.12. The Labute approximate surface area is 130 Å². The van der Waals surface area contributed by atoms with E-state index in [1.54, 1.807) is 0 Å². The molecule has 0 aliphatic carbocycles. The molecule has 0 fully saturated rings. The molecule has 0 unspecified atom stereocenters. The normalized spacial score (nSPS) is 11.0. The Morgan fingerprint density at radius 2 is 1.27 bits per heavy atom. The molecule has 10 nitrogen and oxygen atoms in total. The molecule has 22 heavy (non-hydrogen) atoms. The van der Waals surface area contributed by atoms with E-state index in [9.17, 15) is 14.4 Å². The summed E-state index contributed by atoms with van der Waals surface area (Å²) in [6, 6.07) is 0. The van der Waals surface area contributed by atoms with Gasteiger partial charge in [0.15, 0.2) is 0 Å². The standard InChI is InChI=1S/C12H27N7O3/c13-1-3-18(8-11(15)21)5-6-19(9-12(16)22)4-2-17-7-10(14)20/h17H,1-9,13H2,(H2,14,20)(H2,15,21)(H2,16,22). The maximum absolute atomic E-state index is 11.1. The first kappa shape index (κ1) is 20.2. The minimum Gasteiger partial charge on any atom is -0.369 e. The molecule has 0 heterocycles. The predicted molar refractivity (Wildman–Crippen MR) is 82.4 cm³/mol. The molecule has 0 spiro atoms. The molecule has 0 aliphatic heterocycles. The van der Waals surface area contributed by atoms with Gasteiger partial charge in [0, 0.05) is 39.3 Å². The third-order valence-corrected chi connectivity index (χ3v) is 2.84. The molecule has 0 rings (SSSR count). The molecular weight excluding hydrogens is 290 g/mol. The van der Waals surface area contributed by atoms with Crippen molar-refractivity contribution in [1.29, 1.82) is 0 Å². The van der Waals surface area contributed by atoms with E-state index in [2.05, 4.69) is 5.32 Å². The summed E-state index contributed by atoms with van der Waals surface area (Å²) in [6.07, 6.45) is 0. The zero-order chi connectivity index (χ0) is 17.0. The number of nitrogens with zero attached hydrogens (tertiary/aromatic N) is 2. The predicted octanol–water partition coefficient (Wildman–Crippen LogP) is -4.41. The first-order chi connectivity index (χ1) is 10.3. The molecule has 0 saturated carbocycles. The molecule has 0 atom stereocenters. The number of carbonyl (C=O) groups excluding carboxylic acids is 3. The highest BCUT2D eigenvalue weighted by molar-refractivity contribution is 5.76. The SMILES string of the molecule is NCCN(CCN(CCNCC(N)=O)CC(N)=O)CC(N)=O. The number of primary amides is 3. The molecule has 3 amide bonds. The van der Waals surface area contributed by atoms with Gasteiger partial charge >= 0.3 is 0 Å². The third-order valence-electron chi connectivity index (χ3n) is 2.84. The van der Waals surface area contributed by atoms with Gasteiger partial charge in [0.25, 0.3) is 0 Å². The van der Waals surface area contributed by atoms with Gasteiger partial charge in [0.05, 0.1) is 19.6 Å². The zero-order valence-electron chi connectivity index (χ0n) is 12.8. The van der Waals surface area contributed by atoms with Gasteiger partial charge in [-0.05, 0) is 0 Å². The van der Waals surface area contributed by atoms with Crippen LogP contribution < -0.4 is 28.3 Å². The molecule has 0 aromatic carbocycles. The van der Waals surface area contributed by atoms with Crippen LogP contribution in [0.4, 0.5) is 0 Å². The van der Waals surface area contributed by atoms with Crippen molar-refractivity contribution < 1.29 is 14.4 Å². The summed E-state index contributed by atoms with van der Waals surface area (Å²) in [6.45, 7) is 3.28. The van der Waals surface area contributed by atoms with E-state index in [0.29, 0.717) is 39.3 Å². The van der Waals surface area contributed by atoms with E-state index in [1.165, 1.54) is 0 Å². The fourth-order valence-electron chi connectivity index (χ4n) is 1.89. The van der Waals surface area contributed by atoms with Gasteiger partial charge in [-0.3, -0.25) is 24.2 Å². The van der Waals surface area contributed by atoms with Crippen molar-refractivity contribution >= 4 is 17.7 Å².